The van der Waals surface area contributed by atoms with Crippen molar-refractivity contribution in [1.29, 1.82) is 0 Å². The second kappa shape index (κ2) is 10.1. The predicted octanol–water partition coefficient (Wildman–Crippen LogP) is 2.59. The molecule has 0 bridgehead atoms. The summed E-state index contributed by atoms with van der Waals surface area (Å²) in [5.74, 6) is -0.943. The van der Waals surface area contributed by atoms with Crippen molar-refractivity contribution in [2.75, 3.05) is 10.6 Å². The molecule has 0 spiro atoms. The Morgan fingerprint density at radius 3 is 2.50 bits per heavy atom. The lowest BCUT2D eigenvalue weighted by Crippen LogP contribution is -2.21. The fourth-order valence-corrected chi connectivity index (χ4v) is 3.37. The largest absolute Gasteiger partial charge is 0.464 e. The van der Waals surface area contributed by atoms with Crippen LogP contribution < -0.4 is 15.4 Å². The van der Waals surface area contributed by atoms with Crippen LogP contribution in [0.25, 0.3) is 0 Å². The number of aromatic nitrogens is 6. The van der Waals surface area contributed by atoms with Crippen LogP contribution in [0.3, 0.4) is 0 Å². The smallest absolute Gasteiger partial charge is 0.311 e. The summed E-state index contributed by atoms with van der Waals surface area (Å²) in [7, 11) is 1.76. The Morgan fingerprint density at radius 2 is 1.81 bits per heavy atom. The first-order valence-electron chi connectivity index (χ1n) is 10.8. The number of para-hydroxylation sites is 2. The van der Waals surface area contributed by atoms with E-state index in [4.69, 9.17) is 4.74 Å². The van der Waals surface area contributed by atoms with Crippen LogP contribution in [0.15, 0.2) is 48.9 Å². The lowest BCUT2D eigenvalue weighted by Gasteiger charge is -2.09. The van der Waals surface area contributed by atoms with Gasteiger partial charge in [0.15, 0.2) is 18.2 Å². The first-order chi connectivity index (χ1) is 17.3. The number of amides is 2. The van der Waals surface area contributed by atoms with Crippen molar-refractivity contribution in [2.45, 2.75) is 27.1 Å². The van der Waals surface area contributed by atoms with E-state index < -0.39 is 16.7 Å². The summed E-state index contributed by atoms with van der Waals surface area (Å²) in [5.41, 5.74) is 1.58. The van der Waals surface area contributed by atoms with Crippen molar-refractivity contribution in [3.8, 4) is 5.75 Å². The number of anilines is 2. The molecule has 0 saturated heterocycles. The van der Waals surface area contributed by atoms with Gasteiger partial charge >= 0.3 is 5.69 Å². The number of ether oxygens (including phenoxy) is 1. The van der Waals surface area contributed by atoms with Gasteiger partial charge in [-0.15, -0.1) is 0 Å². The van der Waals surface area contributed by atoms with Gasteiger partial charge in [0, 0.05) is 25.9 Å². The van der Waals surface area contributed by atoms with Crippen LogP contribution in [0.2, 0.25) is 0 Å². The molecule has 0 unspecified atom stereocenters. The Labute approximate surface area is 204 Å². The van der Waals surface area contributed by atoms with E-state index in [1.807, 2.05) is 13.8 Å². The third-order valence-electron chi connectivity index (χ3n) is 5.37. The maximum atomic E-state index is 13.0. The van der Waals surface area contributed by atoms with E-state index in [1.165, 1.54) is 52.2 Å². The minimum absolute atomic E-state index is 0.0554. The van der Waals surface area contributed by atoms with Crippen molar-refractivity contribution in [3.05, 3.63) is 76.1 Å². The molecule has 3 aromatic heterocycles. The Kier molecular flexibility index (Phi) is 6.76. The highest BCUT2D eigenvalue weighted by atomic mass is 16.6. The molecule has 186 valence electrons. The fourth-order valence-electron chi connectivity index (χ4n) is 3.37. The highest BCUT2D eigenvalue weighted by Gasteiger charge is 2.22. The number of aryl methyl sites for hydroxylation is 2. The fraction of sp³-hybridized carbons (Fsp3) is 0.227. The SMILES string of the molecule is CCn1ncc(NC(=O)c2ccn(COc3ccccc3[N+](=O)[O-])n2)c1C(=O)Nc1cnn(C)c1C. The summed E-state index contributed by atoms with van der Waals surface area (Å²) < 4.78 is 9.90. The van der Waals surface area contributed by atoms with E-state index in [0.29, 0.717) is 12.2 Å². The Balaban J connectivity index is 1.46. The molecule has 14 nitrogen and oxygen atoms in total. The number of nitro benzene ring substituents is 1. The molecular formula is C22H23N9O5. The van der Waals surface area contributed by atoms with Crippen molar-refractivity contribution in [1.82, 2.24) is 29.3 Å². The number of carbonyl (C=O) groups is 2. The maximum Gasteiger partial charge on any atom is 0.311 e. The lowest BCUT2D eigenvalue weighted by molar-refractivity contribution is -0.386. The van der Waals surface area contributed by atoms with E-state index in [1.54, 1.807) is 17.8 Å². The number of rotatable bonds is 9. The zero-order chi connectivity index (χ0) is 25.8. The van der Waals surface area contributed by atoms with Gasteiger partial charge in [0.1, 0.15) is 5.69 Å². The van der Waals surface area contributed by atoms with Crippen LogP contribution in [-0.2, 0) is 20.3 Å². The van der Waals surface area contributed by atoms with Crippen LogP contribution in [0.1, 0.15) is 33.6 Å². The van der Waals surface area contributed by atoms with E-state index in [2.05, 4.69) is 25.9 Å². The number of nitrogens with one attached hydrogen (secondary N) is 2. The van der Waals surface area contributed by atoms with Crippen molar-refractivity contribution >= 4 is 28.9 Å². The topological polar surface area (TPSA) is 164 Å². The molecule has 4 aromatic rings. The summed E-state index contributed by atoms with van der Waals surface area (Å²) in [5, 5.41) is 29.0. The molecule has 2 amide bonds. The molecule has 0 aliphatic carbocycles. The molecule has 0 atom stereocenters. The number of hydrogen-bond acceptors (Lipinski definition) is 8. The minimum Gasteiger partial charge on any atom is -0.464 e. The van der Waals surface area contributed by atoms with Gasteiger partial charge in [0.05, 0.1) is 34.4 Å². The molecule has 14 heteroatoms. The average molecular weight is 493 g/mol. The van der Waals surface area contributed by atoms with E-state index in [-0.39, 0.29) is 35.2 Å². The van der Waals surface area contributed by atoms with E-state index in [0.717, 1.165) is 5.69 Å². The molecular weight excluding hydrogens is 470 g/mol. The number of hydrogen-bond donors (Lipinski definition) is 2. The van der Waals surface area contributed by atoms with Gasteiger partial charge < -0.3 is 15.4 Å². The molecule has 0 radical (unpaired) electrons. The summed E-state index contributed by atoms with van der Waals surface area (Å²) in [6, 6.07) is 7.41. The summed E-state index contributed by atoms with van der Waals surface area (Å²) >= 11 is 0. The highest BCUT2D eigenvalue weighted by Crippen LogP contribution is 2.26. The molecule has 1 aromatic carbocycles. The number of nitro groups is 1. The lowest BCUT2D eigenvalue weighted by atomic mass is 10.3. The third-order valence-corrected chi connectivity index (χ3v) is 5.37. The van der Waals surface area contributed by atoms with Crippen molar-refractivity contribution < 1.29 is 19.2 Å². The number of nitrogens with zero attached hydrogens (tertiary/aromatic N) is 7. The number of carbonyl (C=O) groups excluding carboxylic acids is 2. The Hall–Kier alpha value is -5.01. The quantitative estimate of drug-likeness (QED) is 0.265. The third kappa shape index (κ3) is 4.91. The number of benzene rings is 1. The maximum absolute atomic E-state index is 13.0. The molecule has 36 heavy (non-hydrogen) atoms. The van der Waals surface area contributed by atoms with Gasteiger partial charge in [-0.2, -0.15) is 15.3 Å². The van der Waals surface area contributed by atoms with Crippen LogP contribution in [0.5, 0.6) is 5.75 Å². The monoisotopic (exact) mass is 493 g/mol. The molecule has 4 rings (SSSR count). The molecule has 3 heterocycles. The second-order valence-corrected chi connectivity index (χ2v) is 7.64. The highest BCUT2D eigenvalue weighted by molar-refractivity contribution is 6.11. The predicted molar refractivity (Wildman–Crippen MR) is 128 cm³/mol. The Morgan fingerprint density at radius 1 is 1.08 bits per heavy atom. The summed E-state index contributed by atoms with van der Waals surface area (Å²) in [4.78, 5) is 36.4. The minimum atomic E-state index is -0.568. The van der Waals surface area contributed by atoms with Crippen molar-refractivity contribution in [2.24, 2.45) is 7.05 Å². The molecule has 0 saturated carbocycles. The zero-order valence-electron chi connectivity index (χ0n) is 19.7. The van der Waals surface area contributed by atoms with E-state index in [9.17, 15) is 19.7 Å². The van der Waals surface area contributed by atoms with Gasteiger partial charge in [-0.25, -0.2) is 4.68 Å². The average Bonchev–Trinajstić information content (AvgIpc) is 3.58. The van der Waals surface area contributed by atoms with Gasteiger partial charge in [0.25, 0.3) is 11.8 Å². The van der Waals surface area contributed by atoms with Crippen LogP contribution in [-0.4, -0.2) is 46.1 Å². The van der Waals surface area contributed by atoms with Gasteiger partial charge in [-0.3, -0.25) is 29.1 Å². The van der Waals surface area contributed by atoms with Crippen LogP contribution in [0.4, 0.5) is 17.1 Å². The molecule has 0 fully saturated rings. The Bertz CT molecular complexity index is 1440. The van der Waals surface area contributed by atoms with Gasteiger partial charge in [0.2, 0.25) is 0 Å². The first-order valence-corrected chi connectivity index (χ1v) is 10.8. The summed E-state index contributed by atoms with van der Waals surface area (Å²) in [6.07, 6.45) is 4.43. The second-order valence-electron chi connectivity index (χ2n) is 7.64. The van der Waals surface area contributed by atoms with Gasteiger partial charge in [-0.05, 0) is 26.0 Å². The standard InChI is InChI=1S/C22H23N9O5/c1-4-30-20(22(33)25-16-11-23-28(3)14(16)2)17(12-24-30)26-21(32)15-9-10-29(27-15)13-36-19-8-6-5-7-18(19)31(34)35/h5-12H,4,13H2,1-3H3,(H,25,33)(H,26,32). The van der Waals surface area contributed by atoms with Gasteiger partial charge in [-0.1, -0.05) is 12.1 Å². The molecule has 2 N–H and O–H groups in total. The van der Waals surface area contributed by atoms with Crippen molar-refractivity contribution in [3.63, 3.8) is 0 Å². The van der Waals surface area contributed by atoms with Crippen LogP contribution >= 0.6 is 0 Å². The molecule has 0 aliphatic rings. The van der Waals surface area contributed by atoms with Crippen LogP contribution in [0, 0.1) is 17.0 Å². The summed E-state index contributed by atoms with van der Waals surface area (Å²) in [6.45, 7) is 3.90. The normalized spacial score (nSPS) is 10.8. The zero-order valence-corrected chi connectivity index (χ0v) is 19.7. The molecule has 0 aliphatic heterocycles. The van der Waals surface area contributed by atoms with E-state index >= 15 is 0 Å². The first kappa shape index (κ1) is 24.1.